The number of hydrogen-bond donors (Lipinski definition) is 2. The Morgan fingerprint density at radius 3 is 2.59 bits per heavy atom. The van der Waals surface area contributed by atoms with Crippen molar-refractivity contribution in [2.45, 2.75) is 60.2 Å². The van der Waals surface area contributed by atoms with Crippen molar-refractivity contribution in [3.8, 4) is 5.88 Å². The van der Waals surface area contributed by atoms with Crippen LogP contribution in [-0.4, -0.2) is 31.8 Å². The van der Waals surface area contributed by atoms with E-state index in [1.807, 2.05) is 47.6 Å². The molecule has 0 fully saturated rings. The minimum Gasteiger partial charge on any atom is -0.475 e. The van der Waals surface area contributed by atoms with Crippen molar-refractivity contribution in [1.82, 2.24) is 25.1 Å². The van der Waals surface area contributed by atoms with Gasteiger partial charge in [-0.05, 0) is 53.2 Å². The van der Waals surface area contributed by atoms with Gasteiger partial charge in [-0.15, -0.1) is 0 Å². The van der Waals surface area contributed by atoms with Gasteiger partial charge < -0.3 is 15.0 Å². The molecule has 0 radical (unpaired) electrons. The first-order valence-electron chi connectivity index (χ1n) is 9.70. The molecule has 0 spiro atoms. The van der Waals surface area contributed by atoms with E-state index >= 15 is 0 Å². The number of aromatic nitrogens is 4. The number of fused-ring (bicyclic) bond motifs is 1. The fourth-order valence-corrected chi connectivity index (χ4v) is 3.23. The molecule has 0 unspecified atom stereocenters. The Morgan fingerprint density at radius 1 is 1.24 bits per heavy atom. The van der Waals surface area contributed by atoms with Crippen molar-refractivity contribution in [1.29, 1.82) is 0 Å². The van der Waals surface area contributed by atoms with Crippen LogP contribution >= 0.6 is 0 Å². The summed E-state index contributed by atoms with van der Waals surface area (Å²) in [5.74, 6) is 0.0538. The molecule has 0 saturated heterocycles. The largest absolute Gasteiger partial charge is 0.475 e. The molecule has 2 N–H and O–H groups in total. The molecule has 3 aromatic heterocycles. The monoisotopic (exact) mass is 397 g/mol. The Balaban J connectivity index is 1.97. The van der Waals surface area contributed by atoms with Gasteiger partial charge in [-0.3, -0.25) is 9.59 Å². The average molecular weight is 397 g/mol. The molecular formula is C21H27N5O3. The second-order valence-corrected chi connectivity index (χ2v) is 7.72. The van der Waals surface area contributed by atoms with Crippen LogP contribution in [0.4, 0.5) is 0 Å². The molecule has 29 heavy (non-hydrogen) atoms. The number of hydrogen-bond acceptors (Lipinski definition) is 5. The Labute approximate surface area is 169 Å². The molecule has 3 rings (SSSR count). The smallest absolute Gasteiger partial charge is 0.253 e. The highest BCUT2D eigenvalue weighted by Gasteiger charge is 2.19. The van der Waals surface area contributed by atoms with Gasteiger partial charge in [0.25, 0.3) is 11.5 Å². The third kappa shape index (κ3) is 4.31. The fraction of sp³-hybridized carbons (Fsp3) is 0.429. The van der Waals surface area contributed by atoms with Crippen molar-refractivity contribution in [3.63, 3.8) is 0 Å². The number of amides is 1. The predicted molar refractivity (Wildman–Crippen MR) is 111 cm³/mol. The van der Waals surface area contributed by atoms with E-state index in [1.54, 1.807) is 16.9 Å². The van der Waals surface area contributed by atoms with Crippen molar-refractivity contribution >= 4 is 16.9 Å². The minimum atomic E-state index is -0.311. The van der Waals surface area contributed by atoms with E-state index in [-0.39, 0.29) is 30.2 Å². The lowest BCUT2D eigenvalue weighted by molar-refractivity contribution is 0.0951. The lowest BCUT2D eigenvalue weighted by Crippen LogP contribution is -2.28. The van der Waals surface area contributed by atoms with E-state index in [0.29, 0.717) is 28.0 Å². The first-order chi connectivity index (χ1) is 13.7. The summed E-state index contributed by atoms with van der Waals surface area (Å²) >= 11 is 0. The van der Waals surface area contributed by atoms with Gasteiger partial charge in [-0.2, -0.15) is 10.1 Å². The molecule has 3 aromatic rings. The number of rotatable bonds is 6. The van der Waals surface area contributed by atoms with Crippen molar-refractivity contribution in [2.24, 2.45) is 0 Å². The number of pyridine rings is 2. The van der Waals surface area contributed by atoms with Gasteiger partial charge in [-0.25, -0.2) is 4.68 Å². The summed E-state index contributed by atoms with van der Waals surface area (Å²) < 4.78 is 7.50. The molecule has 0 saturated carbocycles. The van der Waals surface area contributed by atoms with Gasteiger partial charge in [0.05, 0.1) is 23.3 Å². The number of ether oxygens (including phenoxy) is 1. The second-order valence-electron chi connectivity index (χ2n) is 7.72. The Hall–Kier alpha value is -3.16. The maximum absolute atomic E-state index is 13.0. The summed E-state index contributed by atoms with van der Waals surface area (Å²) in [5.41, 5.74) is 2.97. The van der Waals surface area contributed by atoms with Crippen LogP contribution in [0.15, 0.2) is 23.1 Å². The molecule has 8 heteroatoms. The lowest BCUT2D eigenvalue weighted by Gasteiger charge is -2.13. The van der Waals surface area contributed by atoms with Gasteiger partial charge >= 0.3 is 0 Å². The summed E-state index contributed by atoms with van der Waals surface area (Å²) in [5, 5.41) is 7.87. The Morgan fingerprint density at radius 2 is 1.97 bits per heavy atom. The molecule has 0 aromatic carbocycles. The van der Waals surface area contributed by atoms with Crippen LogP contribution in [-0.2, 0) is 6.54 Å². The Bertz CT molecular complexity index is 1110. The third-order valence-electron chi connectivity index (χ3n) is 4.55. The maximum atomic E-state index is 13.0. The predicted octanol–water partition coefficient (Wildman–Crippen LogP) is 3.03. The second kappa shape index (κ2) is 8.06. The third-order valence-corrected chi connectivity index (χ3v) is 4.55. The molecule has 0 bridgehead atoms. The van der Waals surface area contributed by atoms with Gasteiger partial charge in [0.15, 0.2) is 5.65 Å². The quantitative estimate of drug-likeness (QED) is 0.666. The summed E-state index contributed by atoms with van der Waals surface area (Å²) in [7, 11) is 0. The average Bonchev–Trinajstić information content (AvgIpc) is 3.03. The minimum absolute atomic E-state index is 0.0824. The SMILES string of the molecule is Cc1cc(C)c(CNC(=O)c2cc(OC(C)C)nc3c2cnn3C(C)C)c(=O)[nH]1. The zero-order valence-corrected chi connectivity index (χ0v) is 17.7. The van der Waals surface area contributed by atoms with E-state index in [4.69, 9.17) is 4.74 Å². The topological polar surface area (TPSA) is 102 Å². The number of nitrogens with one attached hydrogen (secondary N) is 2. The van der Waals surface area contributed by atoms with E-state index in [1.165, 1.54) is 0 Å². The maximum Gasteiger partial charge on any atom is 0.253 e. The van der Waals surface area contributed by atoms with Crippen molar-refractivity contribution in [3.05, 3.63) is 51.1 Å². The highest BCUT2D eigenvalue weighted by atomic mass is 16.5. The number of H-pyrrole nitrogens is 1. The van der Waals surface area contributed by atoms with Crippen molar-refractivity contribution < 1.29 is 9.53 Å². The van der Waals surface area contributed by atoms with Gasteiger partial charge in [0, 0.05) is 29.9 Å². The molecule has 0 aliphatic rings. The zero-order chi connectivity index (χ0) is 21.3. The number of aromatic amines is 1. The molecule has 154 valence electrons. The summed E-state index contributed by atoms with van der Waals surface area (Å²) in [6, 6.07) is 3.59. The highest BCUT2D eigenvalue weighted by Crippen LogP contribution is 2.25. The molecule has 0 aliphatic heterocycles. The normalized spacial score (nSPS) is 11.4. The summed E-state index contributed by atoms with van der Waals surface area (Å²) in [4.78, 5) is 32.5. The van der Waals surface area contributed by atoms with Crippen LogP contribution in [0, 0.1) is 13.8 Å². The molecule has 3 heterocycles. The molecule has 8 nitrogen and oxygen atoms in total. The van der Waals surface area contributed by atoms with Crippen LogP contribution in [0.1, 0.15) is 60.9 Å². The molecule has 1 amide bonds. The van der Waals surface area contributed by atoms with Crippen molar-refractivity contribution in [2.75, 3.05) is 0 Å². The van der Waals surface area contributed by atoms with E-state index < -0.39 is 0 Å². The number of carbonyl (C=O) groups excluding carboxylic acids is 1. The van der Waals surface area contributed by atoms with Crippen LogP contribution < -0.4 is 15.6 Å². The zero-order valence-electron chi connectivity index (χ0n) is 17.7. The van der Waals surface area contributed by atoms with Crippen LogP contribution in [0.5, 0.6) is 5.88 Å². The molecule has 0 aliphatic carbocycles. The van der Waals surface area contributed by atoms with E-state index in [2.05, 4.69) is 20.4 Å². The highest BCUT2D eigenvalue weighted by molar-refractivity contribution is 6.05. The van der Waals surface area contributed by atoms with E-state index in [0.717, 1.165) is 11.3 Å². The number of carbonyl (C=O) groups is 1. The number of nitrogens with zero attached hydrogens (tertiary/aromatic N) is 3. The van der Waals surface area contributed by atoms with Crippen LogP contribution in [0.2, 0.25) is 0 Å². The summed E-state index contributed by atoms with van der Waals surface area (Å²) in [6.07, 6.45) is 1.56. The first kappa shape index (κ1) is 20.6. The summed E-state index contributed by atoms with van der Waals surface area (Å²) in [6.45, 7) is 11.6. The van der Waals surface area contributed by atoms with E-state index in [9.17, 15) is 9.59 Å². The fourth-order valence-electron chi connectivity index (χ4n) is 3.23. The number of aryl methyl sites for hydroxylation is 2. The standard InChI is InChI=1S/C21H27N5O3/c1-11(2)26-19-17(10-23-26)15(8-18(25-19)29-12(3)4)20(27)22-9-16-13(5)7-14(6)24-21(16)28/h7-8,10-12H,9H2,1-6H3,(H,22,27)(H,24,28). The van der Waals surface area contributed by atoms with Crippen LogP contribution in [0.3, 0.4) is 0 Å². The van der Waals surface area contributed by atoms with Gasteiger partial charge in [-0.1, -0.05) is 0 Å². The van der Waals surface area contributed by atoms with Gasteiger partial charge in [0.1, 0.15) is 0 Å². The molecular weight excluding hydrogens is 370 g/mol. The molecule has 0 atom stereocenters. The lowest BCUT2D eigenvalue weighted by atomic mass is 10.1. The van der Waals surface area contributed by atoms with Crippen LogP contribution in [0.25, 0.3) is 11.0 Å². The van der Waals surface area contributed by atoms with Gasteiger partial charge in [0.2, 0.25) is 5.88 Å². The first-order valence-corrected chi connectivity index (χ1v) is 9.70. The Kier molecular flexibility index (Phi) is 5.72.